The van der Waals surface area contributed by atoms with E-state index in [2.05, 4.69) is 166 Å². The molecule has 0 radical (unpaired) electrons. The minimum absolute atomic E-state index is 0.0997. The Hall–Kier alpha value is -1.97. The Morgan fingerprint density at radius 3 is 1.25 bits per heavy atom. The zero-order chi connectivity index (χ0) is 37.6. The molecule has 0 nitrogen and oxygen atoms in total. The van der Waals surface area contributed by atoms with Crippen LogP contribution in [0.5, 0.6) is 0 Å². The van der Waals surface area contributed by atoms with Gasteiger partial charge in [0.15, 0.2) is 0 Å². The first kappa shape index (κ1) is 39.7. The number of benzene rings is 4. The van der Waals surface area contributed by atoms with Gasteiger partial charge in [0, 0.05) is 0 Å². The number of hydrogen-bond donors (Lipinski definition) is 0. The Morgan fingerprint density at radius 1 is 0.538 bits per heavy atom. The molecule has 0 fully saturated rings. The van der Waals surface area contributed by atoms with E-state index in [1.807, 2.05) is 0 Å². The molecule has 0 aromatic heterocycles. The van der Waals surface area contributed by atoms with Crippen LogP contribution in [-0.2, 0) is 15.3 Å². The number of hydrogen-bond acceptors (Lipinski definition) is 0. The molecule has 0 saturated carbocycles. The van der Waals surface area contributed by atoms with Gasteiger partial charge in [-0.25, -0.2) is 0 Å². The summed E-state index contributed by atoms with van der Waals surface area (Å²) in [6.45, 7) is 23.7. The van der Waals surface area contributed by atoms with E-state index in [0.717, 1.165) is 25.7 Å². The molecule has 6 rings (SSSR count). The van der Waals surface area contributed by atoms with Crippen molar-refractivity contribution < 1.29 is 15.3 Å². The summed E-state index contributed by atoms with van der Waals surface area (Å²) in [6.07, 6.45) is 9.37. The zero-order valence-corrected chi connectivity index (χ0v) is 39.6. The third kappa shape index (κ3) is 6.90. The van der Waals surface area contributed by atoms with Crippen LogP contribution < -0.4 is 0 Å². The average molecular weight is 915 g/mol. The first-order valence-corrected chi connectivity index (χ1v) is 42.3. The number of rotatable bonds is 13. The molecule has 0 heterocycles. The standard InChI is InChI=1S/2C23H27.C2H7Si.2ClH.Hf/c2*1-5-17(4)20-10-6-7-11-21(20)22-12-8-9-19-14-18(13-16(2)3)15-23(19)22;1-3-2;;;/h2*6-12,14-17H,5,13H2,1-4H3;3H,1-2H3;2*1H;/q;;;;;+2/p-2. The molecule has 4 aromatic rings. The van der Waals surface area contributed by atoms with E-state index in [0.29, 0.717) is 23.7 Å². The molecule has 4 unspecified atom stereocenters. The van der Waals surface area contributed by atoms with Crippen molar-refractivity contribution in [3.8, 4) is 22.3 Å². The fraction of sp³-hybridized carbons (Fsp3) is 0.417. The van der Waals surface area contributed by atoms with Crippen molar-refractivity contribution in [3.05, 3.63) is 129 Å². The molecular weight excluding hydrogens is 854 g/mol. The van der Waals surface area contributed by atoms with Gasteiger partial charge < -0.3 is 0 Å². The van der Waals surface area contributed by atoms with Crippen molar-refractivity contribution in [1.82, 2.24) is 0 Å². The van der Waals surface area contributed by atoms with Gasteiger partial charge in [-0.05, 0) is 0 Å². The van der Waals surface area contributed by atoms with Crippen LogP contribution in [0.4, 0.5) is 0 Å². The molecule has 0 N–H and O–H groups in total. The summed E-state index contributed by atoms with van der Waals surface area (Å²) in [7, 11) is 17.8. The molecule has 275 valence electrons. The van der Waals surface area contributed by atoms with Crippen molar-refractivity contribution in [2.24, 2.45) is 11.8 Å². The molecule has 2 aliphatic rings. The van der Waals surface area contributed by atoms with Crippen LogP contribution in [0.25, 0.3) is 34.4 Å². The second kappa shape index (κ2) is 15.6. The SMILES string of the molecule is CCC(C)c1ccccc1-c1cccc2c1C=C(CC(C)C)[CH]2[Hf]([Cl])([Cl])([CH]1C(CC(C)C)=Cc2c(-c3ccccc3C(C)CC)cccc21)[SiH](C)C. The predicted molar refractivity (Wildman–Crippen MR) is 232 cm³/mol. The zero-order valence-electron chi connectivity index (χ0n) is 33.4. The topological polar surface area (TPSA) is 0 Å². The second-order valence-corrected chi connectivity index (χ2v) is 76.6. The maximum atomic E-state index is 8.92. The van der Waals surface area contributed by atoms with E-state index in [9.17, 15) is 0 Å². The summed E-state index contributed by atoms with van der Waals surface area (Å²) in [4.78, 5) is 0. The van der Waals surface area contributed by atoms with Gasteiger partial charge in [0.05, 0.1) is 0 Å². The quantitative estimate of drug-likeness (QED) is 0.117. The van der Waals surface area contributed by atoms with Gasteiger partial charge in [0.25, 0.3) is 0 Å². The Labute approximate surface area is 325 Å². The first-order valence-electron chi connectivity index (χ1n) is 20.1. The van der Waals surface area contributed by atoms with Gasteiger partial charge >= 0.3 is 327 Å². The van der Waals surface area contributed by atoms with Crippen LogP contribution in [0.15, 0.2) is 96.1 Å². The predicted octanol–water partition coefficient (Wildman–Crippen LogP) is 15.7. The molecular formula is C48H61Cl2HfSi. The molecule has 4 heteroatoms. The van der Waals surface area contributed by atoms with E-state index in [1.54, 1.807) is 0 Å². The van der Waals surface area contributed by atoms with Crippen LogP contribution >= 0.6 is 17.2 Å². The minimum atomic E-state index is -5.12. The fourth-order valence-corrected chi connectivity index (χ4v) is 54.0. The summed E-state index contributed by atoms with van der Waals surface area (Å²) in [5.74, 6) is 0.298. The van der Waals surface area contributed by atoms with Crippen molar-refractivity contribution in [2.75, 3.05) is 0 Å². The third-order valence-corrected chi connectivity index (χ3v) is 85.4. The fourth-order valence-electron chi connectivity index (χ4n) is 9.61. The monoisotopic (exact) mass is 915 g/mol. The number of halogens is 2. The van der Waals surface area contributed by atoms with Crippen LogP contribution in [0, 0.1) is 11.8 Å². The molecule has 0 spiro atoms. The second-order valence-electron chi connectivity index (χ2n) is 17.3. The van der Waals surface area contributed by atoms with Crippen molar-refractivity contribution in [1.29, 1.82) is 0 Å². The number of allylic oxidation sites excluding steroid dienone is 2. The van der Waals surface area contributed by atoms with Crippen molar-refractivity contribution in [3.63, 3.8) is 0 Å². The summed E-state index contributed by atoms with van der Waals surface area (Å²) in [6, 6.07) is 32.2. The van der Waals surface area contributed by atoms with Crippen LogP contribution in [0.3, 0.4) is 0 Å². The molecule has 0 aliphatic heterocycles. The number of fused-ring (bicyclic) bond motifs is 2. The molecule has 0 amide bonds. The first-order chi connectivity index (χ1) is 24.7. The van der Waals surface area contributed by atoms with Crippen LogP contribution in [0.1, 0.15) is 134 Å². The van der Waals surface area contributed by atoms with Gasteiger partial charge in [-0.2, -0.15) is 0 Å². The van der Waals surface area contributed by atoms with E-state index in [1.165, 1.54) is 66.8 Å². The summed E-state index contributed by atoms with van der Waals surface area (Å²) >= 11 is -5.12. The Kier molecular flexibility index (Phi) is 11.9. The van der Waals surface area contributed by atoms with Crippen molar-refractivity contribution >= 4 is 35.3 Å². The van der Waals surface area contributed by atoms with Gasteiger partial charge in [-0.1, -0.05) is 0 Å². The van der Waals surface area contributed by atoms with Crippen molar-refractivity contribution in [2.45, 2.75) is 113 Å². The van der Waals surface area contributed by atoms with Gasteiger partial charge in [0.2, 0.25) is 0 Å². The van der Waals surface area contributed by atoms with Gasteiger partial charge in [-0.3, -0.25) is 0 Å². The Morgan fingerprint density at radius 2 is 0.904 bits per heavy atom. The molecule has 52 heavy (non-hydrogen) atoms. The third-order valence-electron chi connectivity index (χ3n) is 12.6. The Bertz CT molecular complexity index is 1860. The molecule has 2 aliphatic carbocycles. The van der Waals surface area contributed by atoms with E-state index < -0.39 is 21.3 Å². The maximum absolute atomic E-state index is 8.92. The summed E-state index contributed by atoms with van der Waals surface area (Å²) in [5, 5.41) is 0. The average Bonchev–Trinajstić information content (AvgIpc) is 3.69. The van der Waals surface area contributed by atoms with Gasteiger partial charge in [-0.15, -0.1) is 0 Å². The van der Waals surface area contributed by atoms with E-state index in [4.69, 9.17) is 17.2 Å². The van der Waals surface area contributed by atoms with Crippen LogP contribution in [0.2, 0.25) is 13.1 Å². The van der Waals surface area contributed by atoms with Crippen LogP contribution in [-0.4, -0.2) is 5.98 Å². The normalized spacial score (nSPS) is 18.9. The van der Waals surface area contributed by atoms with E-state index in [-0.39, 0.29) is 7.35 Å². The molecule has 4 aromatic carbocycles. The molecule has 0 saturated heterocycles. The van der Waals surface area contributed by atoms with E-state index >= 15 is 0 Å². The Balaban J connectivity index is 1.62. The molecule has 0 bridgehead atoms. The molecule has 4 atom stereocenters. The van der Waals surface area contributed by atoms with Gasteiger partial charge in [0.1, 0.15) is 0 Å². The summed E-state index contributed by atoms with van der Waals surface area (Å²) < 4.78 is 0.199. The summed E-state index contributed by atoms with van der Waals surface area (Å²) in [5.41, 5.74) is 16.7.